The smallest absolute Gasteiger partial charge is 0.0131 e. The summed E-state index contributed by atoms with van der Waals surface area (Å²) in [5.74, 6) is 1.76. The third-order valence-electron chi connectivity index (χ3n) is 7.44. The molecule has 2 nitrogen and oxygen atoms in total. The second kappa shape index (κ2) is 5.53. The highest BCUT2D eigenvalue weighted by Gasteiger charge is 2.61. The molecule has 0 spiro atoms. The van der Waals surface area contributed by atoms with Crippen molar-refractivity contribution in [2.75, 3.05) is 19.6 Å². The molecule has 3 atom stereocenters. The molecule has 0 aromatic heterocycles. The Bertz CT molecular complexity index is 368. The Balaban J connectivity index is 1.53. The lowest BCUT2D eigenvalue weighted by Crippen LogP contribution is -2.52. The van der Waals surface area contributed by atoms with Crippen molar-refractivity contribution in [1.82, 2.24) is 10.2 Å². The zero-order valence-electron chi connectivity index (χ0n) is 14.9. The maximum atomic E-state index is 4.09. The first-order valence-electron chi connectivity index (χ1n) is 9.31. The molecule has 21 heavy (non-hydrogen) atoms. The van der Waals surface area contributed by atoms with E-state index < -0.39 is 0 Å². The monoisotopic (exact) mass is 292 g/mol. The number of likely N-dealkylation sites (tertiary alicyclic amines) is 1. The van der Waals surface area contributed by atoms with E-state index in [1.165, 1.54) is 51.7 Å². The minimum absolute atomic E-state index is 0.534. The van der Waals surface area contributed by atoms with Crippen LogP contribution in [0.4, 0.5) is 0 Å². The fourth-order valence-corrected chi connectivity index (χ4v) is 5.54. The van der Waals surface area contributed by atoms with E-state index >= 15 is 0 Å². The minimum atomic E-state index is 0.534. The lowest BCUT2D eigenvalue weighted by atomic mass is 9.69. The molecular weight excluding hydrogens is 256 g/mol. The first-order chi connectivity index (χ1) is 9.83. The number of nitrogens with one attached hydrogen (secondary N) is 1. The summed E-state index contributed by atoms with van der Waals surface area (Å²) in [7, 11) is 0. The van der Waals surface area contributed by atoms with Crippen molar-refractivity contribution in [3.63, 3.8) is 0 Å². The molecule has 0 radical (unpaired) electrons. The van der Waals surface area contributed by atoms with Gasteiger partial charge in [-0.15, -0.1) is 0 Å². The van der Waals surface area contributed by atoms with E-state index in [1.807, 2.05) is 0 Å². The molecule has 1 saturated heterocycles. The highest BCUT2D eigenvalue weighted by molar-refractivity contribution is 5.13. The van der Waals surface area contributed by atoms with E-state index in [-0.39, 0.29) is 0 Å². The first-order valence-corrected chi connectivity index (χ1v) is 9.31. The summed E-state index contributed by atoms with van der Waals surface area (Å²) in [6.45, 7) is 16.2. The summed E-state index contributed by atoms with van der Waals surface area (Å²) in [6.07, 6.45) is 7.04. The average molecular weight is 293 g/mol. The van der Waals surface area contributed by atoms with Gasteiger partial charge in [0.25, 0.3) is 0 Å². The van der Waals surface area contributed by atoms with Gasteiger partial charge in [-0.05, 0) is 67.9 Å². The van der Waals surface area contributed by atoms with Crippen molar-refractivity contribution in [2.45, 2.75) is 78.8 Å². The van der Waals surface area contributed by atoms with Crippen LogP contribution >= 0.6 is 0 Å². The number of hydrogen-bond acceptors (Lipinski definition) is 2. The number of rotatable bonds is 4. The zero-order chi connectivity index (χ0) is 15.3. The van der Waals surface area contributed by atoms with Gasteiger partial charge in [0.15, 0.2) is 0 Å². The molecule has 0 aromatic rings. The lowest BCUT2D eigenvalue weighted by Gasteiger charge is -2.42. The van der Waals surface area contributed by atoms with Crippen LogP contribution in [0.25, 0.3) is 0 Å². The molecule has 1 heterocycles. The highest BCUT2D eigenvalue weighted by Crippen LogP contribution is 2.65. The molecule has 0 aromatic carbocycles. The molecule has 3 fully saturated rings. The Kier molecular flexibility index (Phi) is 4.16. The van der Waals surface area contributed by atoms with E-state index in [0.29, 0.717) is 10.8 Å². The lowest BCUT2D eigenvalue weighted by molar-refractivity contribution is 0.102. The van der Waals surface area contributed by atoms with Crippen LogP contribution in [-0.2, 0) is 0 Å². The molecule has 1 aliphatic heterocycles. The summed E-state index contributed by atoms with van der Waals surface area (Å²) in [5.41, 5.74) is 1.08. The quantitative estimate of drug-likeness (QED) is 0.845. The average Bonchev–Trinajstić information content (AvgIpc) is 2.73. The van der Waals surface area contributed by atoms with Gasteiger partial charge in [0.1, 0.15) is 0 Å². The Morgan fingerprint density at radius 3 is 2.24 bits per heavy atom. The summed E-state index contributed by atoms with van der Waals surface area (Å²) < 4.78 is 0. The van der Waals surface area contributed by atoms with Crippen molar-refractivity contribution in [3.05, 3.63) is 0 Å². The Hall–Kier alpha value is -0.0800. The van der Waals surface area contributed by atoms with Crippen molar-refractivity contribution < 1.29 is 0 Å². The first kappa shape index (κ1) is 15.8. The second-order valence-electron chi connectivity index (χ2n) is 9.30. The molecule has 3 aliphatic rings. The van der Waals surface area contributed by atoms with Gasteiger partial charge in [-0.1, -0.05) is 34.6 Å². The van der Waals surface area contributed by atoms with Crippen molar-refractivity contribution in [3.8, 4) is 0 Å². The van der Waals surface area contributed by atoms with Crippen molar-refractivity contribution in [1.29, 1.82) is 0 Å². The standard InChI is InChI=1S/C19H36N2/c1-14(2)13-21-10-7-16(8-11-21)20-17-12-15-6-9-19(17,5)18(15,3)4/h14-17,20H,6-13H2,1-5H3. The number of hydrogen-bond donors (Lipinski definition) is 1. The van der Waals surface area contributed by atoms with Crippen LogP contribution in [0.5, 0.6) is 0 Å². The Labute approximate surface area is 132 Å². The van der Waals surface area contributed by atoms with Gasteiger partial charge in [0, 0.05) is 18.6 Å². The molecule has 2 bridgehead atoms. The number of piperidine rings is 1. The largest absolute Gasteiger partial charge is 0.311 e. The van der Waals surface area contributed by atoms with Crippen LogP contribution in [0.1, 0.15) is 66.7 Å². The molecule has 3 unspecified atom stereocenters. The van der Waals surface area contributed by atoms with Gasteiger partial charge in [0.2, 0.25) is 0 Å². The fourth-order valence-electron chi connectivity index (χ4n) is 5.54. The number of fused-ring (bicyclic) bond motifs is 2. The maximum absolute atomic E-state index is 4.09. The van der Waals surface area contributed by atoms with E-state index in [9.17, 15) is 0 Å². The highest BCUT2D eigenvalue weighted by atomic mass is 15.1. The Morgan fingerprint density at radius 2 is 1.76 bits per heavy atom. The molecule has 1 N–H and O–H groups in total. The molecule has 3 rings (SSSR count). The summed E-state index contributed by atoms with van der Waals surface area (Å²) in [5, 5.41) is 4.09. The molecule has 122 valence electrons. The molecular formula is C19H36N2. The minimum Gasteiger partial charge on any atom is -0.311 e. The van der Waals surface area contributed by atoms with Crippen LogP contribution in [-0.4, -0.2) is 36.6 Å². The van der Waals surface area contributed by atoms with Gasteiger partial charge in [0.05, 0.1) is 0 Å². The second-order valence-corrected chi connectivity index (χ2v) is 9.30. The summed E-state index contributed by atoms with van der Waals surface area (Å²) in [4.78, 5) is 2.66. The SMILES string of the molecule is CC(C)CN1CCC(NC2CC3CCC2(C)C3(C)C)CC1. The molecule has 2 saturated carbocycles. The predicted octanol–water partition coefficient (Wildman–Crippen LogP) is 3.91. The van der Waals surface area contributed by atoms with Gasteiger partial charge >= 0.3 is 0 Å². The summed E-state index contributed by atoms with van der Waals surface area (Å²) in [6, 6.07) is 1.54. The zero-order valence-corrected chi connectivity index (χ0v) is 14.9. The van der Waals surface area contributed by atoms with Crippen LogP contribution in [0.2, 0.25) is 0 Å². The van der Waals surface area contributed by atoms with E-state index in [0.717, 1.165) is 23.9 Å². The molecule has 2 aliphatic carbocycles. The third-order valence-corrected chi connectivity index (χ3v) is 7.44. The topological polar surface area (TPSA) is 15.3 Å². The molecule has 2 heteroatoms. The van der Waals surface area contributed by atoms with E-state index in [4.69, 9.17) is 0 Å². The Morgan fingerprint density at radius 1 is 1.10 bits per heavy atom. The van der Waals surface area contributed by atoms with Gasteiger partial charge in [-0.2, -0.15) is 0 Å². The maximum Gasteiger partial charge on any atom is 0.0131 e. The van der Waals surface area contributed by atoms with Crippen molar-refractivity contribution in [2.24, 2.45) is 22.7 Å². The summed E-state index contributed by atoms with van der Waals surface area (Å²) >= 11 is 0. The van der Waals surface area contributed by atoms with Crippen LogP contribution < -0.4 is 5.32 Å². The van der Waals surface area contributed by atoms with Crippen molar-refractivity contribution >= 4 is 0 Å². The van der Waals surface area contributed by atoms with Crippen LogP contribution in [0, 0.1) is 22.7 Å². The van der Waals surface area contributed by atoms with Gasteiger partial charge < -0.3 is 10.2 Å². The number of nitrogens with zero attached hydrogens (tertiary/aromatic N) is 1. The van der Waals surface area contributed by atoms with E-state index in [2.05, 4.69) is 44.8 Å². The predicted molar refractivity (Wildman–Crippen MR) is 90.5 cm³/mol. The normalized spacial score (nSPS) is 40.3. The molecule has 0 amide bonds. The van der Waals surface area contributed by atoms with Crippen LogP contribution in [0.3, 0.4) is 0 Å². The fraction of sp³-hybridized carbons (Fsp3) is 1.00. The third kappa shape index (κ3) is 2.67. The van der Waals surface area contributed by atoms with Gasteiger partial charge in [-0.25, -0.2) is 0 Å². The van der Waals surface area contributed by atoms with Gasteiger partial charge in [-0.3, -0.25) is 0 Å². The van der Waals surface area contributed by atoms with E-state index in [1.54, 1.807) is 0 Å². The van der Waals surface area contributed by atoms with Crippen LogP contribution in [0.15, 0.2) is 0 Å².